The van der Waals surface area contributed by atoms with Crippen molar-refractivity contribution in [2.24, 2.45) is 5.16 Å². The van der Waals surface area contributed by atoms with Crippen LogP contribution >= 0.6 is 0 Å². The molecular formula is C9H9NO3. The molecule has 0 aromatic heterocycles. The molecule has 0 bridgehead atoms. The number of carbonyl (C=O) groups is 1. The van der Waals surface area contributed by atoms with Crippen LogP contribution in [0.1, 0.15) is 22.8 Å². The minimum absolute atomic E-state index is 0.137. The highest BCUT2D eigenvalue weighted by atomic mass is 16.4. The molecular weight excluding hydrogens is 170 g/mol. The largest absolute Gasteiger partial charge is 0.478 e. The lowest BCUT2D eigenvalue weighted by molar-refractivity contribution is 0.0696. The summed E-state index contributed by atoms with van der Waals surface area (Å²) >= 11 is 0. The van der Waals surface area contributed by atoms with Crippen LogP contribution in [0.3, 0.4) is 0 Å². The third-order valence-corrected chi connectivity index (χ3v) is 1.70. The second kappa shape index (κ2) is 3.71. The summed E-state index contributed by atoms with van der Waals surface area (Å²) in [6.07, 6.45) is 0. The van der Waals surface area contributed by atoms with Crippen LogP contribution in [-0.2, 0) is 0 Å². The molecule has 4 nitrogen and oxygen atoms in total. The Hall–Kier alpha value is -1.84. The first-order valence-electron chi connectivity index (χ1n) is 3.68. The van der Waals surface area contributed by atoms with E-state index in [0.717, 1.165) is 0 Å². The summed E-state index contributed by atoms with van der Waals surface area (Å²) in [5.74, 6) is -1.03. The van der Waals surface area contributed by atoms with Gasteiger partial charge in [-0.25, -0.2) is 4.79 Å². The van der Waals surface area contributed by atoms with Crippen LogP contribution in [0, 0.1) is 0 Å². The van der Waals surface area contributed by atoms with E-state index in [-0.39, 0.29) is 11.3 Å². The lowest BCUT2D eigenvalue weighted by atomic mass is 10.0. The number of rotatable bonds is 2. The Bertz CT molecular complexity index is 358. The van der Waals surface area contributed by atoms with E-state index in [1.807, 2.05) is 0 Å². The summed E-state index contributed by atoms with van der Waals surface area (Å²) < 4.78 is 0. The van der Waals surface area contributed by atoms with Crippen LogP contribution in [0.4, 0.5) is 0 Å². The van der Waals surface area contributed by atoms with Gasteiger partial charge in [0.25, 0.3) is 0 Å². The zero-order valence-corrected chi connectivity index (χ0v) is 7.06. The smallest absolute Gasteiger partial charge is 0.336 e. The summed E-state index contributed by atoms with van der Waals surface area (Å²) in [7, 11) is 0. The Morgan fingerprint density at radius 1 is 1.31 bits per heavy atom. The number of carboxylic acid groups (broad SMARTS) is 1. The van der Waals surface area contributed by atoms with E-state index in [2.05, 4.69) is 5.16 Å². The van der Waals surface area contributed by atoms with Gasteiger partial charge in [0.05, 0.1) is 11.3 Å². The third kappa shape index (κ3) is 1.84. The maximum absolute atomic E-state index is 10.7. The van der Waals surface area contributed by atoms with E-state index in [4.69, 9.17) is 10.3 Å². The Kier molecular flexibility index (Phi) is 2.64. The standard InChI is InChI=1S/C9H9NO3/c1-6(10-13)7-4-2-3-5-8(7)9(11)12/h2-5,13H,1H3,(H,11,12)/b10-6-. The number of aromatic carboxylic acids is 1. The molecule has 0 saturated heterocycles. The molecule has 0 aliphatic heterocycles. The van der Waals surface area contributed by atoms with Gasteiger partial charge >= 0.3 is 5.97 Å². The first kappa shape index (κ1) is 9.25. The molecule has 0 fully saturated rings. The van der Waals surface area contributed by atoms with E-state index in [1.54, 1.807) is 25.1 Å². The van der Waals surface area contributed by atoms with Crippen LogP contribution in [0.15, 0.2) is 29.4 Å². The molecule has 0 saturated carbocycles. The highest BCUT2D eigenvalue weighted by molar-refractivity contribution is 6.07. The number of hydrogen-bond donors (Lipinski definition) is 2. The number of oxime groups is 1. The topological polar surface area (TPSA) is 69.9 Å². The van der Waals surface area contributed by atoms with Crippen molar-refractivity contribution in [3.8, 4) is 0 Å². The quantitative estimate of drug-likeness (QED) is 0.411. The van der Waals surface area contributed by atoms with Crippen molar-refractivity contribution in [2.45, 2.75) is 6.92 Å². The molecule has 68 valence electrons. The monoisotopic (exact) mass is 179 g/mol. The predicted molar refractivity (Wildman–Crippen MR) is 47.4 cm³/mol. The van der Waals surface area contributed by atoms with Crippen molar-refractivity contribution in [1.29, 1.82) is 0 Å². The molecule has 1 rings (SSSR count). The fourth-order valence-electron chi connectivity index (χ4n) is 1.04. The summed E-state index contributed by atoms with van der Waals surface area (Å²) in [5, 5.41) is 20.2. The number of carboxylic acids is 1. The fourth-order valence-corrected chi connectivity index (χ4v) is 1.04. The molecule has 1 aromatic rings. The molecule has 0 aliphatic rings. The summed E-state index contributed by atoms with van der Waals surface area (Å²) in [6.45, 7) is 1.54. The van der Waals surface area contributed by atoms with Crippen LogP contribution in [0.25, 0.3) is 0 Å². The van der Waals surface area contributed by atoms with Crippen LogP contribution in [-0.4, -0.2) is 22.0 Å². The van der Waals surface area contributed by atoms with E-state index in [9.17, 15) is 4.79 Å². The van der Waals surface area contributed by atoms with Crippen LogP contribution in [0.2, 0.25) is 0 Å². The van der Waals surface area contributed by atoms with E-state index in [1.165, 1.54) is 6.07 Å². The maximum atomic E-state index is 10.7. The molecule has 0 unspecified atom stereocenters. The Labute approximate surface area is 75.1 Å². The van der Waals surface area contributed by atoms with Crippen molar-refractivity contribution in [3.05, 3.63) is 35.4 Å². The molecule has 2 N–H and O–H groups in total. The third-order valence-electron chi connectivity index (χ3n) is 1.70. The first-order valence-corrected chi connectivity index (χ1v) is 3.68. The summed E-state index contributed by atoms with van der Waals surface area (Å²) in [6, 6.07) is 6.37. The molecule has 0 atom stereocenters. The van der Waals surface area contributed by atoms with E-state index >= 15 is 0 Å². The minimum atomic E-state index is -1.03. The number of hydrogen-bond acceptors (Lipinski definition) is 3. The SMILES string of the molecule is C/C(=N/O)c1ccccc1C(=O)O. The highest BCUT2D eigenvalue weighted by Gasteiger charge is 2.10. The second-order valence-electron chi connectivity index (χ2n) is 2.54. The van der Waals surface area contributed by atoms with Gasteiger partial charge in [-0.15, -0.1) is 0 Å². The van der Waals surface area contributed by atoms with Crippen molar-refractivity contribution < 1.29 is 15.1 Å². The van der Waals surface area contributed by atoms with E-state index < -0.39 is 5.97 Å². The average Bonchev–Trinajstić information content (AvgIpc) is 2.16. The molecule has 13 heavy (non-hydrogen) atoms. The fraction of sp³-hybridized carbons (Fsp3) is 0.111. The van der Waals surface area contributed by atoms with Gasteiger partial charge in [0.15, 0.2) is 0 Å². The van der Waals surface area contributed by atoms with Gasteiger partial charge in [0, 0.05) is 5.56 Å². The van der Waals surface area contributed by atoms with Crippen molar-refractivity contribution >= 4 is 11.7 Å². The molecule has 0 aliphatic carbocycles. The number of nitrogens with zero attached hydrogens (tertiary/aromatic N) is 1. The maximum Gasteiger partial charge on any atom is 0.336 e. The molecule has 0 spiro atoms. The molecule has 0 heterocycles. The van der Waals surface area contributed by atoms with Gasteiger partial charge in [-0.3, -0.25) is 0 Å². The van der Waals surface area contributed by atoms with Gasteiger partial charge in [-0.1, -0.05) is 23.4 Å². The normalized spacial score (nSPS) is 11.3. The Morgan fingerprint density at radius 3 is 2.31 bits per heavy atom. The molecule has 1 aromatic carbocycles. The minimum Gasteiger partial charge on any atom is -0.478 e. The zero-order valence-electron chi connectivity index (χ0n) is 7.06. The summed E-state index contributed by atoms with van der Waals surface area (Å²) in [5.41, 5.74) is 0.855. The van der Waals surface area contributed by atoms with Gasteiger partial charge < -0.3 is 10.3 Å². The first-order chi connectivity index (χ1) is 6.16. The van der Waals surface area contributed by atoms with Gasteiger partial charge in [-0.05, 0) is 13.0 Å². The zero-order chi connectivity index (χ0) is 9.84. The van der Waals surface area contributed by atoms with Gasteiger partial charge in [-0.2, -0.15) is 0 Å². The van der Waals surface area contributed by atoms with Crippen LogP contribution < -0.4 is 0 Å². The van der Waals surface area contributed by atoms with Crippen molar-refractivity contribution in [1.82, 2.24) is 0 Å². The lowest BCUT2D eigenvalue weighted by Gasteiger charge is -2.02. The predicted octanol–water partition coefficient (Wildman–Crippen LogP) is 1.58. The summed E-state index contributed by atoms with van der Waals surface area (Å²) in [4.78, 5) is 10.7. The van der Waals surface area contributed by atoms with Crippen molar-refractivity contribution in [3.63, 3.8) is 0 Å². The Balaban J connectivity index is 3.28. The Morgan fingerprint density at radius 2 is 1.85 bits per heavy atom. The highest BCUT2D eigenvalue weighted by Crippen LogP contribution is 2.09. The lowest BCUT2D eigenvalue weighted by Crippen LogP contribution is -2.06. The van der Waals surface area contributed by atoms with Gasteiger partial charge in [0.2, 0.25) is 0 Å². The van der Waals surface area contributed by atoms with Gasteiger partial charge in [0.1, 0.15) is 0 Å². The second-order valence-corrected chi connectivity index (χ2v) is 2.54. The average molecular weight is 179 g/mol. The van der Waals surface area contributed by atoms with Crippen LogP contribution in [0.5, 0.6) is 0 Å². The molecule has 0 amide bonds. The van der Waals surface area contributed by atoms with E-state index in [0.29, 0.717) is 5.56 Å². The van der Waals surface area contributed by atoms with Crippen molar-refractivity contribution in [2.75, 3.05) is 0 Å². The molecule has 4 heteroatoms. The molecule has 0 radical (unpaired) electrons. The number of benzene rings is 1.